The molecule has 2 heteroatoms. The highest BCUT2D eigenvalue weighted by Crippen LogP contribution is 2.39. The first-order valence-corrected chi connectivity index (χ1v) is 5.07. The molecule has 1 fully saturated rings. The first kappa shape index (κ1) is 8.06. The third-order valence-electron chi connectivity index (χ3n) is 2.99. The second-order valence-electron chi connectivity index (χ2n) is 4.08. The van der Waals surface area contributed by atoms with E-state index >= 15 is 0 Å². The van der Waals surface area contributed by atoms with Crippen LogP contribution in [0.2, 0.25) is 0 Å². The van der Waals surface area contributed by atoms with Crippen LogP contribution in [0.5, 0.6) is 0 Å². The maximum absolute atomic E-state index is 6.13. The minimum atomic E-state index is 0.217. The summed E-state index contributed by atoms with van der Waals surface area (Å²) in [6.45, 7) is 0. The van der Waals surface area contributed by atoms with Crippen LogP contribution in [0.4, 0.5) is 0 Å². The van der Waals surface area contributed by atoms with Crippen molar-refractivity contribution in [1.82, 2.24) is 0 Å². The number of hydrogen-bond acceptors (Lipinski definition) is 2. The molecule has 2 N–H and O–H groups in total. The zero-order chi connectivity index (χ0) is 9.54. The smallest absolute Gasteiger partial charge is 0.133 e. The second-order valence-corrected chi connectivity index (χ2v) is 4.08. The van der Waals surface area contributed by atoms with E-state index in [1.54, 1.807) is 6.26 Å². The Morgan fingerprint density at radius 2 is 2.14 bits per heavy atom. The predicted octanol–water partition coefficient (Wildman–Crippen LogP) is 2.84. The van der Waals surface area contributed by atoms with Crippen LogP contribution in [0.25, 0.3) is 11.0 Å². The Bertz CT molecular complexity index is 456. The van der Waals surface area contributed by atoms with Gasteiger partial charge in [0.05, 0.1) is 6.26 Å². The van der Waals surface area contributed by atoms with Crippen LogP contribution < -0.4 is 5.73 Å². The Balaban J connectivity index is 2.03. The van der Waals surface area contributed by atoms with Crippen molar-refractivity contribution < 1.29 is 4.42 Å². The molecule has 0 aliphatic heterocycles. The molecule has 1 aromatic heterocycles. The van der Waals surface area contributed by atoms with Crippen LogP contribution in [0, 0.1) is 5.92 Å². The van der Waals surface area contributed by atoms with Gasteiger partial charge in [0.25, 0.3) is 0 Å². The minimum absolute atomic E-state index is 0.217. The summed E-state index contributed by atoms with van der Waals surface area (Å²) in [5.74, 6) is 0.708. The number of hydrogen-bond donors (Lipinski definition) is 1. The SMILES string of the molecule is NC(c1ccc2occc2c1)C1CC1. The van der Waals surface area contributed by atoms with Crippen molar-refractivity contribution in [2.45, 2.75) is 18.9 Å². The molecule has 1 aliphatic carbocycles. The van der Waals surface area contributed by atoms with Gasteiger partial charge in [-0.2, -0.15) is 0 Å². The zero-order valence-electron chi connectivity index (χ0n) is 7.94. The van der Waals surface area contributed by atoms with Crippen molar-refractivity contribution in [3.63, 3.8) is 0 Å². The van der Waals surface area contributed by atoms with Crippen molar-refractivity contribution in [3.05, 3.63) is 36.1 Å². The van der Waals surface area contributed by atoms with Gasteiger partial charge in [0.15, 0.2) is 0 Å². The van der Waals surface area contributed by atoms with Crippen molar-refractivity contribution in [1.29, 1.82) is 0 Å². The molecule has 1 unspecified atom stereocenters. The quantitative estimate of drug-likeness (QED) is 0.785. The van der Waals surface area contributed by atoms with Crippen molar-refractivity contribution in [3.8, 4) is 0 Å². The lowest BCUT2D eigenvalue weighted by molar-refractivity contribution is 0.613. The monoisotopic (exact) mass is 187 g/mol. The third-order valence-corrected chi connectivity index (χ3v) is 2.99. The third kappa shape index (κ3) is 1.23. The highest BCUT2D eigenvalue weighted by atomic mass is 16.3. The molecule has 1 aliphatic rings. The lowest BCUT2D eigenvalue weighted by Gasteiger charge is -2.09. The fraction of sp³-hybridized carbons (Fsp3) is 0.333. The molecular formula is C12H13NO. The molecule has 1 heterocycles. The molecule has 2 aromatic rings. The molecule has 0 saturated heterocycles. The molecular weight excluding hydrogens is 174 g/mol. The van der Waals surface area contributed by atoms with Gasteiger partial charge in [-0.05, 0) is 42.5 Å². The van der Waals surface area contributed by atoms with Gasteiger partial charge in [-0.3, -0.25) is 0 Å². The van der Waals surface area contributed by atoms with Crippen molar-refractivity contribution in [2.75, 3.05) is 0 Å². The van der Waals surface area contributed by atoms with E-state index in [0.29, 0.717) is 5.92 Å². The summed E-state index contributed by atoms with van der Waals surface area (Å²) in [6, 6.07) is 8.43. The molecule has 0 radical (unpaired) electrons. The van der Waals surface area contributed by atoms with Gasteiger partial charge in [-0.25, -0.2) is 0 Å². The van der Waals surface area contributed by atoms with Crippen LogP contribution in [0.1, 0.15) is 24.4 Å². The zero-order valence-corrected chi connectivity index (χ0v) is 7.94. The molecule has 72 valence electrons. The molecule has 2 nitrogen and oxygen atoms in total. The van der Waals surface area contributed by atoms with Crippen molar-refractivity contribution >= 4 is 11.0 Å². The van der Waals surface area contributed by atoms with Gasteiger partial charge in [0.1, 0.15) is 5.58 Å². The Morgan fingerprint density at radius 1 is 1.29 bits per heavy atom. The van der Waals surface area contributed by atoms with Gasteiger partial charge < -0.3 is 10.2 Å². The molecule has 0 bridgehead atoms. The lowest BCUT2D eigenvalue weighted by atomic mass is 10.0. The molecule has 1 aromatic carbocycles. The van der Waals surface area contributed by atoms with Gasteiger partial charge in [-0.15, -0.1) is 0 Å². The average molecular weight is 187 g/mol. The molecule has 0 amide bonds. The second kappa shape index (κ2) is 2.85. The predicted molar refractivity (Wildman–Crippen MR) is 55.9 cm³/mol. The summed E-state index contributed by atoms with van der Waals surface area (Å²) in [4.78, 5) is 0. The maximum atomic E-state index is 6.13. The number of furan rings is 1. The van der Waals surface area contributed by atoms with E-state index in [4.69, 9.17) is 10.2 Å². The molecule has 3 rings (SSSR count). The van der Waals surface area contributed by atoms with Gasteiger partial charge in [0.2, 0.25) is 0 Å². The van der Waals surface area contributed by atoms with Crippen LogP contribution in [0.3, 0.4) is 0 Å². The van der Waals surface area contributed by atoms with Crippen molar-refractivity contribution in [2.24, 2.45) is 11.7 Å². The number of nitrogens with two attached hydrogens (primary N) is 1. The fourth-order valence-corrected chi connectivity index (χ4v) is 1.92. The van der Waals surface area contributed by atoms with E-state index in [1.807, 2.05) is 12.1 Å². The standard InChI is InChI=1S/C12H13NO/c13-12(8-1-2-8)10-3-4-11-9(7-10)5-6-14-11/h3-8,12H,1-2,13H2. The normalized spacial score (nSPS) is 18.6. The summed E-state index contributed by atoms with van der Waals surface area (Å²) in [6.07, 6.45) is 4.28. The summed E-state index contributed by atoms with van der Waals surface area (Å²) in [7, 11) is 0. The molecule has 1 saturated carbocycles. The summed E-state index contributed by atoms with van der Waals surface area (Å²) in [5.41, 5.74) is 8.31. The van der Waals surface area contributed by atoms with E-state index in [9.17, 15) is 0 Å². The summed E-state index contributed by atoms with van der Waals surface area (Å²) >= 11 is 0. The first-order valence-electron chi connectivity index (χ1n) is 5.07. The highest BCUT2D eigenvalue weighted by molar-refractivity contribution is 5.77. The van der Waals surface area contributed by atoms with E-state index in [-0.39, 0.29) is 6.04 Å². The van der Waals surface area contributed by atoms with E-state index in [2.05, 4.69) is 12.1 Å². The topological polar surface area (TPSA) is 39.2 Å². The fourth-order valence-electron chi connectivity index (χ4n) is 1.92. The highest BCUT2D eigenvalue weighted by Gasteiger charge is 2.29. The van der Waals surface area contributed by atoms with Gasteiger partial charge >= 0.3 is 0 Å². The van der Waals surface area contributed by atoms with Crippen LogP contribution in [-0.2, 0) is 0 Å². The largest absolute Gasteiger partial charge is 0.464 e. The number of fused-ring (bicyclic) bond motifs is 1. The van der Waals surface area contributed by atoms with Gasteiger partial charge in [0, 0.05) is 11.4 Å². The maximum Gasteiger partial charge on any atom is 0.133 e. The Morgan fingerprint density at radius 3 is 2.93 bits per heavy atom. The molecule has 14 heavy (non-hydrogen) atoms. The van der Waals surface area contributed by atoms with Crippen LogP contribution in [0.15, 0.2) is 34.9 Å². The number of rotatable bonds is 2. The average Bonchev–Trinajstić information content (AvgIpc) is 2.95. The molecule has 0 spiro atoms. The van der Waals surface area contributed by atoms with E-state index in [1.165, 1.54) is 18.4 Å². The summed E-state index contributed by atoms with van der Waals surface area (Å²) < 4.78 is 5.29. The Hall–Kier alpha value is -1.28. The van der Waals surface area contributed by atoms with Crippen LogP contribution >= 0.6 is 0 Å². The Kier molecular flexibility index (Phi) is 1.64. The first-order chi connectivity index (χ1) is 6.84. The molecule has 1 atom stereocenters. The van der Waals surface area contributed by atoms with E-state index < -0.39 is 0 Å². The van der Waals surface area contributed by atoms with Gasteiger partial charge in [-0.1, -0.05) is 6.07 Å². The van der Waals surface area contributed by atoms with Crippen LogP contribution in [-0.4, -0.2) is 0 Å². The number of benzene rings is 1. The Labute approximate surface area is 82.7 Å². The van der Waals surface area contributed by atoms with E-state index in [0.717, 1.165) is 11.0 Å². The minimum Gasteiger partial charge on any atom is -0.464 e. The summed E-state index contributed by atoms with van der Waals surface area (Å²) in [5, 5.41) is 1.15. The lowest BCUT2D eigenvalue weighted by Crippen LogP contribution is -2.11.